The lowest BCUT2D eigenvalue weighted by Gasteiger charge is -2.42. The van der Waals surface area contributed by atoms with E-state index in [2.05, 4.69) is 18.3 Å². The molecule has 20 heteroatoms. The number of hydrogen-bond acceptors (Lipinski definition) is 15. The summed E-state index contributed by atoms with van der Waals surface area (Å²) < 4.78 is 54.4. The van der Waals surface area contributed by atoms with E-state index < -0.39 is 87.3 Å². The summed E-state index contributed by atoms with van der Waals surface area (Å²) >= 11 is 0. The molecule has 2 fully saturated rings. The Morgan fingerprint density at radius 2 is 1.95 bits per heavy atom. The molecule has 38 heavy (non-hydrogen) atoms. The Balaban J connectivity index is 1.61. The zero-order chi connectivity index (χ0) is 28.6. The maximum atomic E-state index is 12.2. The van der Waals surface area contributed by atoms with Gasteiger partial charge in [-0.05, 0) is 13.8 Å². The highest BCUT2D eigenvalue weighted by molar-refractivity contribution is 7.59. The van der Waals surface area contributed by atoms with E-state index >= 15 is 0 Å². The van der Waals surface area contributed by atoms with Gasteiger partial charge in [0.2, 0.25) is 0 Å². The van der Waals surface area contributed by atoms with Crippen molar-refractivity contribution >= 4 is 15.6 Å². The van der Waals surface area contributed by atoms with Crippen LogP contribution in [0.4, 0.5) is 0 Å². The maximum Gasteiger partial charge on any atom is 0.330 e. The van der Waals surface area contributed by atoms with Gasteiger partial charge >= 0.3 is 5.69 Å². The Kier molecular flexibility index (Phi) is 9.17. The van der Waals surface area contributed by atoms with Crippen LogP contribution in [0.15, 0.2) is 15.8 Å². The van der Waals surface area contributed by atoms with Gasteiger partial charge in [-0.25, -0.2) is 9.11 Å². The number of nitro groups is 1. The fourth-order valence-electron chi connectivity index (χ4n) is 4.31. The fourth-order valence-corrected chi connectivity index (χ4v) is 6.38. The minimum absolute atomic E-state index is 0.179. The number of ether oxygens (including phenoxy) is 3. The van der Waals surface area contributed by atoms with Crippen molar-refractivity contribution in [3.05, 3.63) is 42.7 Å². The average molecular weight is 587 g/mol. The van der Waals surface area contributed by atoms with Crippen LogP contribution < -0.4 is 21.0 Å². The summed E-state index contributed by atoms with van der Waals surface area (Å²) in [6.07, 6.45) is -7.17. The monoisotopic (exact) mass is 587 g/mol. The second kappa shape index (κ2) is 11.3. The van der Waals surface area contributed by atoms with Gasteiger partial charge in [-0.15, -0.1) is 0 Å². The van der Waals surface area contributed by atoms with E-state index in [0.717, 1.165) is 4.57 Å². The number of aliphatic hydroxyl groups is 1. The number of aryl methyl sites for hydroxylation is 1. The van der Waals surface area contributed by atoms with Crippen molar-refractivity contribution in [1.29, 1.82) is 0 Å². The van der Waals surface area contributed by atoms with Crippen LogP contribution in [-0.2, 0) is 36.7 Å². The summed E-state index contributed by atoms with van der Waals surface area (Å²) in [4.78, 5) is 60.9. The number of rotatable bonds is 10. The third-order valence-corrected chi connectivity index (χ3v) is 8.72. The summed E-state index contributed by atoms with van der Waals surface area (Å²) in [6, 6.07) is 0. The molecule has 0 saturated carbocycles. The normalized spacial score (nSPS) is 34.9. The number of phosphoric acid groups is 2. The quantitative estimate of drug-likeness (QED) is 0.183. The Hall–Kier alpha value is -1.82. The van der Waals surface area contributed by atoms with Crippen molar-refractivity contribution < 1.29 is 56.5 Å². The molecule has 0 bridgehead atoms. The van der Waals surface area contributed by atoms with Gasteiger partial charge in [0.15, 0.2) is 12.4 Å². The molecule has 3 rings (SSSR count). The highest BCUT2D eigenvalue weighted by Crippen LogP contribution is 2.57. The standard InChI is InChI=1S/C18H29N3O15P2/c1-9-7-20(17(24)19-16(9)23)13-5-11(22)12(34-13)8-32-37(27,28)36-38(29,30)35-14-6-18(3,21(25)26)15(31-4)10(2)33-14/h7,10-15,22H,5-6,8H2,1-4H3,(H,27,28)(H,29,30)(H,19,23,24)/p-2/t10-,11-,12+,13+,14+,15-,18-/m0/s1. The zero-order valence-corrected chi connectivity index (χ0v) is 22.4. The summed E-state index contributed by atoms with van der Waals surface area (Å²) in [6.45, 7) is 3.10. The number of H-pyrrole nitrogens is 1. The molecule has 2 aliphatic rings. The summed E-state index contributed by atoms with van der Waals surface area (Å²) in [7, 11) is -10.1. The smallest absolute Gasteiger partial charge is 0.330 e. The number of aliphatic hydroxyl groups excluding tert-OH is 1. The largest absolute Gasteiger partial charge is 0.756 e. The Morgan fingerprint density at radius 3 is 2.55 bits per heavy atom. The van der Waals surface area contributed by atoms with Gasteiger partial charge in [-0.3, -0.25) is 38.1 Å². The van der Waals surface area contributed by atoms with Crippen LogP contribution >= 0.6 is 15.6 Å². The minimum atomic E-state index is -5.70. The number of phosphoric ester groups is 2. The first kappa shape index (κ1) is 30.7. The van der Waals surface area contributed by atoms with E-state index in [1.165, 1.54) is 34.1 Å². The van der Waals surface area contributed by atoms with Gasteiger partial charge in [0.25, 0.3) is 26.7 Å². The Bertz CT molecular complexity index is 1250. The third kappa shape index (κ3) is 6.84. The number of hydrogen-bond donors (Lipinski definition) is 2. The van der Waals surface area contributed by atoms with Crippen LogP contribution in [-0.4, -0.2) is 69.5 Å². The van der Waals surface area contributed by atoms with E-state index in [1.807, 2.05) is 0 Å². The SMILES string of the molecule is CO[C@H]1[C@H](C)O[C@H](OP(=O)([O-])OP(=O)([O-])OC[C@H]2O[C@@H](n3cc(C)c(=O)[nH]c3=O)C[C@@H]2O)C[C@]1(C)[N+](=O)[O-]. The summed E-state index contributed by atoms with van der Waals surface area (Å²) in [5.41, 5.74) is -3.09. The molecule has 2 aliphatic heterocycles. The van der Waals surface area contributed by atoms with Crippen molar-refractivity contribution in [2.45, 2.75) is 76.1 Å². The van der Waals surface area contributed by atoms with Gasteiger partial charge in [-0.2, -0.15) is 0 Å². The van der Waals surface area contributed by atoms with Gasteiger partial charge in [0, 0.05) is 37.1 Å². The molecule has 0 aliphatic carbocycles. The third-order valence-electron chi connectivity index (χ3n) is 6.16. The number of aromatic amines is 1. The van der Waals surface area contributed by atoms with E-state index in [9.17, 15) is 43.7 Å². The number of nitrogens with zero attached hydrogens (tertiary/aromatic N) is 2. The van der Waals surface area contributed by atoms with E-state index in [-0.39, 0.29) is 12.0 Å². The molecule has 1 aromatic rings. The molecule has 2 saturated heterocycles. The molecule has 3 heterocycles. The molecule has 18 nitrogen and oxygen atoms in total. The number of methoxy groups -OCH3 is 1. The first-order valence-corrected chi connectivity index (χ1v) is 14.0. The molecule has 0 aromatic carbocycles. The highest BCUT2D eigenvalue weighted by Gasteiger charge is 2.56. The molecular formula is C18H27N3O15P2-2. The lowest BCUT2D eigenvalue weighted by molar-refractivity contribution is -0.593. The molecule has 9 atom stereocenters. The van der Waals surface area contributed by atoms with Crippen LogP contribution in [0.3, 0.4) is 0 Å². The van der Waals surface area contributed by atoms with E-state index in [1.54, 1.807) is 0 Å². The molecular weight excluding hydrogens is 560 g/mol. The lowest BCUT2D eigenvalue weighted by atomic mass is 9.86. The number of nitrogens with one attached hydrogen (secondary N) is 1. The fraction of sp³-hybridized carbons (Fsp3) is 0.778. The van der Waals surface area contributed by atoms with Crippen LogP contribution in [0.25, 0.3) is 0 Å². The topological polar surface area (TPSA) is 254 Å². The lowest BCUT2D eigenvalue weighted by Crippen LogP contribution is -2.60. The van der Waals surface area contributed by atoms with Gasteiger partial charge < -0.3 is 33.6 Å². The molecule has 0 radical (unpaired) electrons. The second-order valence-electron chi connectivity index (χ2n) is 9.03. The molecule has 0 spiro atoms. The molecule has 216 valence electrons. The zero-order valence-electron chi connectivity index (χ0n) is 20.6. The van der Waals surface area contributed by atoms with E-state index in [0.29, 0.717) is 0 Å². The van der Waals surface area contributed by atoms with Gasteiger partial charge in [0.1, 0.15) is 12.3 Å². The first-order chi connectivity index (χ1) is 17.5. The van der Waals surface area contributed by atoms with Crippen LogP contribution in [0.2, 0.25) is 0 Å². The average Bonchev–Trinajstić information content (AvgIpc) is 3.13. The van der Waals surface area contributed by atoms with Crippen LogP contribution in [0.1, 0.15) is 38.5 Å². The summed E-state index contributed by atoms with van der Waals surface area (Å²) in [5, 5.41) is 21.8. The van der Waals surface area contributed by atoms with Gasteiger partial charge in [0.05, 0.1) is 25.2 Å². The Morgan fingerprint density at radius 1 is 1.29 bits per heavy atom. The summed E-state index contributed by atoms with van der Waals surface area (Å²) in [5.74, 6) is 0. The highest BCUT2D eigenvalue weighted by atomic mass is 31.3. The minimum Gasteiger partial charge on any atom is -0.756 e. The first-order valence-electron chi connectivity index (χ1n) is 11.1. The molecule has 2 unspecified atom stereocenters. The maximum absolute atomic E-state index is 12.2. The van der Waals surface area contributed by atoms with E-state index in [4.69, 9.17) is 14.2 Å². The number of aromatic nitrogens is 2. The van der Waals surface area contributed by atoms with Crippen molar-refractivity contribution in [1.82, 2.24) is 9.55 Å². The molecule has 1 aromatic heterocycles. The predicted octanol–water partition coefficient (Wildman–Crippen LogP) is -1.33. The second-order valence-corrected chi connectivity index (χ2v) is 11.9. The predicted molar refractivity (Wildman–Crippen MR) is 119 cm³/mol. The molecule has 2 N–H and O–H groups in total. The molecule has 0 amide bonds. The van der Waals surface area contributed by atoms with Crippen molar-refractivity contribution in [3.63, 3.8) is 0 Å². The van der Waals surface area contributed by atoms with Crippen LogP contribution in [0, 0.1) is 17.0 Å². The van der Waals surface area contributed by atoms with Crippen LogP contribution in [0.5, 0.6) is 0 Å². The van der Waals surface area contributed by atoms with Gasteiger partial charge in [-0.1, -0.05) is 0 Å². The Labute approximate surface area is 214 Å². The van der Waals surface area contributed by atoms with Crippen molar-refractivity contribution in [3.8, 4) is 0 Å². The van der Waals surface area contributed by atoms with Crippen molar-refractivity contribution in [2.75, 3.05) is 13.7 Å². The van der Waals surface area contributed by atoms with Crippen molar-refractivity contribution in [2.24, 2.45) is 0 Å².